The van der Waals surface area contributed by atoms with Gasteiger partial charge in [0.15, 0.2) is 12.4 Å². The second kappa shape index (κ2) is 12.7. The van der Waals surface area contributed by atoms with E-state index < -0.39 is 16.6 Å². The first-order valence-electron chi connectivity index (χ1n) is 15.1. The fourth-order valence-electron chi connectivity index (χ4n) is 6.27. The monoisotopic (exact) mass is 620 g/mol. The average molecular weight is 621 g/mol. The number of rotatable bonds is 11. The summed E-state index contributed by atoms with van der Waals surface area (Å²) >= 11 is 0. The van der Waals surface area contributed by atoms with E-state index in [1.807, 2.05) is 12.1 Å². The van der Waals surface area contributed by atoms with E-state index in [4.69, 9.17) is 13.9 Å². The van der Waals surface area contributed by atoms with Crippen LogP contribution in [0, 0.1) is 33.3 Å². The van der Waals surface area contributed by atoms with E-state index in [1.165, 1.54) is 25.0 Å². The molecule has 45 heavy (non-hydrogen) atoms. The van der Waals surface area contributed by atoms with Crippen LogP contribution in [0.1, 0.15) is 59.4 Å². The standard InChI is InChI=1S/C32H40N6O7/c1-31(2,3)45-30(40)34-16-19-6-11-23(12-7-19)35-29-37-36-28(44-29)20-9-13-26(25(14-20)38(41)42)43-18-27(39)33-17-21-8-10-22-15-24(21)32(22,4)5/h6-7,9,11-14,21-22,24H,8,10,15-18H2,1-5H3,(H,33,39)(H,34,40)(H,35,37)/t21-,22-,24-/m0/s1. The minimum absolute atomic E-state index is 0.0290. The van der Waals surface area contributed by atoms with Crippen molar-refractivity contribution in [3.63, 3.8) is 0 Å². The van der Waals surface area contributed by atoms with Crippen LogP contribution in [0.2, 0.25) is 0 Å². The number of nitrogens with zero attached hydrogens (tertiary/aromatic N) is 3. The molecule has 6 rings (SSSR count). The molecule has 2 bridgehead atoms. The molecule has 2 aromatic carbocycles. The SMILES string of the molecule is CC(C)(C)OC(=O)NCc1ccc(Nc2nnc(-c3ccc(OCC(=O)NC[C@@H]4CC[C@H]5C[C@@H]4C5(C)C)c([N+](=O)[O-])c3)o2)cc1. The number of amides is 2. The molecule has 3 aliphatic rings. The topological polar surface area (TPSA) is 171 Å². The highest BCUT2D eigenvalue weighted by Crippen LogP contribution is 2.61. The Morgan fingerprint density at radius 3 is 2.51 bits per heavy atom. The maximum absolute atomic E-state index is 12.5. The molecule has 0 radical (unpaired) electrons. The van der Waals surface area contributed by atoms with Crippen molar-refractivity contribution in [2.45, 2.75) is 66.0 Å². The highest BCUT2D eigenvalue weighted by molar-refractivity contribution is 5.77. The summed E-state index contributed by atoms with van der Waals surface area (Å²) in [5.74, 6) is 1.58. The zero-order valence-corrected chi connectivity index (χ0v) is 26.2. The highest BCUT2D eigenvalue weighted by Gasteiger charge is 2.53. The van der Waals surface area contributed by atoms with E-state index >= 15 is 0 Å². The molecule has 0 unspecified atom stereocenters. The molecule has 3 atom stereocenters. The van der Waals surface area contributed by atoms with E-state index in [9.17, 15) is 19.7 Å². The summed E-state index contributed by atoms with van der Waals surface area (Å²) in [4.78, 5) is 35.6. The lowest BCUT2D eigenvalue weighted by Gasteiger charge is -2.60. The molecule has 0 spiro atoms. The van der Waals surface area contributed by atoms with Gasteiger partial charge in [0.1, 0.15) is 5.60 Å². The van der Waals surface area contributed by atoms with Crippen LogP contribution in [-0.2, 0) is 16.1 Å². The molecule has 0 saturated heterocycles. The van der Waals surface area contributed by atoms with E-state index in [1.54, 1.807) is 39.0 Å². The minimum atomic E-state index is -0.581. The van der Waals surface area contributed by atoms with E-state index in [-0.39, 0.29) is 35.9 Å². The van der Waals surface area contributed by atoms with Crippen LogP contribution in [0.25, 0.3) is 11.5 Å². The number of anilines is 2. The fraction of sp³-hybridized carbons (Fsp3) is 0.500. The molecular formula is C32H40N6O7. The third-order valence-corrected chi connectivity index (χ3v) is 8.79. The van der Waals surface area contributed by atoms with Gasteiger partial charge in [-0.2, -0.15) is 0 Å². The maximum Gasteiger partial charge on any atom is 0.407 e. The van der Waals surface area contributed by atoms with Gasteiger partial charge in [0, 0.05) is 30.4 Å². The van der Waals surface area contributed by atoms with Gasteiger partial charge in [-0.25, -0.2) is 4.79 Å². The number of nitro groups is 1. The smallest absolute Gasteiger partial charge is 0.407 e. The molecule has 1 aromatic heterocycles. The largest absolute Gasteiger partial charge is 0.477 e. The van der Waals surface area contributed by atoms with Crippen molar-refractivity contribution in [2.24, 2.45) is 23.2 Å². The van der Waals surface area contributed by atoms with Crippen LogP contribution in [0.5, 0.6) is 5.75 Å². The summed E-state index contributed by atoms with van der Waals surface area (Å²) in [7, 11) is 0. The number of aromatic nitrogens is 2. The summed E-state index contributed by atoms with van der Waals surface area (Å²) < 4.78 is 16.5. The predicted octanol–water partition coefficient (Wildman–Crippen LogP) is 5.98. The zero-order chi connectivity index (χ0) is 32.4. The molecular weight excluding hydrogens is 580 g/mol. The molecule has 3 saturated carbocycles. The van der Waals surface area contributed by atoms with Crippen molar-refractivity contribution in [3.05, 3.63) is 58.1 Å². The summed E-state index contributed by atoms with van der Waals surface area (Å²) in [6.45, 7) is 10.6. The lowest BCUT2D eigenvalue weighted by molar-refractivity contribution is -0.385. The number of carbonyl (C=O) groups is 2. The van der Waals surface area contributed by atoms with Gasteiger partial charge in [-0.15, -0.1) is 5.10 Å². The van der Waals surface area contributed by atoms with Crippen molar-refractivity contribution in [1.82, 2.24) is 20.8 Å². The van der Waals surface area contributed by atoms with Gasteiger partial charge in [0.2, 0.25) is 5.89 Å². The van der Waals surface area contributed by atoms with Crippen molar-refractivity contribution in [1.29, 1.82) is 0 Å². The molecule has 240 valence electrons. The second-order valence-electron chi connectivity index (χ2n) is 13.3. The molecule has 0 aliphatic heterocycles. The molecule has 2 amide bonds. The van der Waals surface area contributed by atoms with Gasteiger partial charge < -0.3 is 29.8 Å². The Labute approximate surface area is 261 Å². The number of benzene rings is 2. The Morgan fingerprint density at radius 2 is 1.84 bits per heavy atom. The molecule has 3 N–H and O–H groups in total. The number of ether oxygens (including phenoxy) is 2. The lowest BCUT2D eigenvalue weighted by Crippen LogP contribution is -2.54. The third-order valence-electron chi connectivity index (χ3n) is 8.79. The summed E-state index contributed by atoms with van der Waals surface area (Å²) in [5.41, 5.74) is 1.26. The molecule has 1 heterocycles. The number of nitro benzene ring substituents is 1. The van der Waals surface area contributed by atoms with E-state index in [0.29, 0.717) is 41.6 Å². The minimum Gasteiger partial charge on any atom is -0.477 e. The van der Waals surface area contributed by atoms with Gasteiger partial charge in [-0.05, 0) is 93.0 Å². The zero-order valence-electron chi connectivity index (χ0n) is 26.2. The van der Waals surface area contributed by atoms with Crippen LogP contribution in [-0.4, -0.2) is 45.9 Å². The maximum atomic E-state index is 12.5. The van der Waals surface area contributed by atoms with Gasteiger partial charge in [0.25, 0.3) is 5.91 Å². The number of carbonyl (C=O) groups excluding carboxylic acids is 2. The van der Waals surface area contributed by atoms with Gasteiger partial charge in [0.05, 0.1) is 4.92 Å². The summed E-state index contributed by atoms with van der Waals surface area (Å²) in [5, 5.41) is 28.4. The normalized spacial score (nSPS) is 20.0. The fourth-order valence-corrected chi connectivity index (χ4v) is 6.27. The first kappa shape index (κ1) is 31.7. The highest BCUT2D eigenvalue weighted by atomic mass is 16.6. The molecule has 13 nitrogen and oxygen atoms in total. The first-order valence-corrected chi connectivity index (χ1v) is 15.1. The Hall–Kier alpha value is -4.68. The molecule has 3 aromatic rings. The van der Waals surface area contributed by atoms with Crippen molar-refractivity contribution in [2.75, 3.05) is 18.5 Å². The van der Waals surface area contributed by atoms with Crippen LogP contribution in [0.4, 0.5) is 22.2 Å². The van der Waals surface area contributed by atoms with Crippen LogP contribution < -0.4 is 20.7 Å². The Morgan fingerprint density at radius 1 is 1.09 bits per heavy atom. The Balaban J connectivity index is 1.13. The predicted molar refractivity (Wildman–Crippen MR) is 166 cm³/mol. The third kappa shape index (κ3) is 7.70. The summed E-state index contributed by atoms with van der Waals surface area (Å²) in [6, 6.07) is 11.5. The summed E-state index contributed by atoms with van der Waals surface area (Å²) in [6.07, 6.45) is 3.03. The Bertz CT molecular complexity index is 1540. The van der Waals surface area contributed by atoms with E-state index in [0.717, 1.165) is 17.9 Å². The lowest BCUT2D eigenvalue weighted by atomic mass is 9.45. The average Bonchev–Trinajstić information content (AvgIpc) is 3.46. The number of fused-ring (bicyclic) bond motifs is 2. The number of hydrogen-bond acceptors (Lipinski definition) is 10. The molecule has 3 aliphatic carbocycles. The van der Waals surface area contributed by atoms with E-state index in [2.05, 4.69) is 40.0 Å². The van der Waals surface area contributed by atoms with Crippen molar-refractivity contribution >= 4 is 29.4 Å². The second-order valence-corrected chi connectivity index (χ2v) is 13.3. The first-order chi connectivity index (χ1) is 21.3. The van der Waals surface area contributed by atoms with Crippen LogP contribution >= 0.6 is 0 Å². The quantitative estimate of drug-likeness (QED) is 0.171. The van der Waals surface area contributed by atoms with Crippen LogP contribution in [0.15, 0.2) is 46.9 Å². The Kier molecular flexibility index (Phi) is 8.98. The van der Waals surface area contributed by atoms with Crippen molar-refractivity contribution in [3.8, 4) is 17.2 Å². The van der Waals surface area contributed by atoms with Gasteiger partial charge in [-0.1, -0.05) is 31.1 Å². The van der Waals surface area contributed by atoms with Gasteiger partial charge in [-0.3, -0.25) is 14.9 Å². The number of nitrogens with one attached hydrogen (secondary N) is 3. The number of hydrogen-bond donors (Lipinski definition) is 3. The van der Waals surface area contributed by atoms with Crippen LogP contribution in [0.3, 0.4) is 0 Å². The molecule has 3 fully saturated rings. The number of alkyl carbamates (subject to hydrolysis) is 1. The van der Waals surface area contributed by atoms with Crippen molar-refractivity contribution < 1.29 is 28.4 Å². The molecule has 13 heteroatoms. The van der Waals surface area contributed by atoms with Gasteiger partial charge >= 0.3 is 17.8 Å².